The molecule has 10 heteroatoms. The molecular formula is C25H26N4O3S3. The Morgan fingerprint density at radius 1 is 1.09 bits per heavy atom. The molecule has 2 aromatic carbocycles. The van der Waals surface area contributed by atoms with E-state index in [0.717, 1.165) is 29.9 Å². The molecular weight excluding hydrogens is 501 g/mol. The minimum absolute atomic E-state index is 0.140. The zero-order valence-electron chi connectivity index (χ0n) is 19.0. The van der Waals surface area contributed by atoms with Crippen LogP contribution in [0.5, 0.6) is 0 Å². The topological polar surface area (TPSA) is 81.8 Å². The van der Waals surface area contributed by atoms with Crippen molar-refractivity contribution >= 4 is 45.5 Å². The Kier molecular flexibility index (Phi) is 7.12. The van der Waals surface area contributed by atoms with E-state index in [1.807, 2.05) is 29.2 Å². The van der Waals surface area contributed by atoms with E-state index in [2.05, 4.69) is 21.6 Å². The summed E-state index contributed by atoms with van der Waals surface area (Å²) in [6, 6.07) is 15.5. The molecule has 1 saturated heterocycles. The highest BCUT2D eigenvalue weighted by molar-refractivity contribution is 7.98. The van der Waals surface area contributed by atoms with E-state index < -0.39 is 10.0 Å². The lowest BCUT2D eigenvalue weighted by Crippen LogP contribution is -2.36. The molecule has 5 rings (SSSR count). The number of carbonyl (C=O) groups is 1. The van der Waals surface area contributed by atoms with Gasteiger partial charge in [0.2, 0.25) is 0 Å². The smallest absolute Gasteiger partial charge is 0.264 e. The first-order valence-electron chi connectivity index (χ1n) is 11.4. The molecule has 1 amide bonds. The molecule has 0 bridgehead atoms. The maximum Gasteiger partial charge on any atom is 0.264 e. The Hall–Kier alpha value is -2.82. The number of sulfonamides is 1. The van der Waals surface area contributed by atoms with E-state index >= 15 is 0 Å². The number of likely N-dealkylation sites (tertiary alicyclic amines) is 1. The molecule has 7 nitrogen and oxygen atoms in total. The van der Waals surface area contributed by atoms with Gasteiger partial charge in [0.05, 0.1) is 29.1 Å². The maximum absolute atomic E-state index is 13.5. The van der Waals surface area contributed by atoms with Crippen LogP contribution >= 0.6 is 23.9 Å². The van der Waals surface area contributed by atoms with Crippen LogP contribution in [-0.4, -0.2) is 36.6 Å². The van der Waals surface area contributed by atoms with E-state index in [1.165, 1.54) is 17.7 Å². The van der Waals surface area contributed by atoms with Gasteiger partial charge in [-0.15, -0.1) is 11.8 Å². The Balaban J connectivity index is 1.45. The second-order valence-corrected chi connectivity index (χ2v) is 11.9. The number of fused-ring (bicyclic) bond motifs is 1. The van der Waals surface area contributed by atoms with Crippen molar-refractivity contribution < 1.29 is 13.2 Å². The highest BCUT2D eigenvalue weighted by Crippen LogP contribution is 2.35. The number of nitrogens with one attached hydrogen (secondary N) is 2. The molecule has 35 heavy (non-hydrogen) atoms. The number of thioether (sulfide) groups is 1. The summed E-state index contributed by atoms with van der Waals surface area (Å²) in [5, 5.41) is 0. The van der Waals surface area contributed by atoms with E-state index in [4.69, 9.17) is 0 Å². The number of nitrogens with zero attached hydrogens (tertiary/aromatic N) is 2. The van der Waals surface area contributed by atoms with Gasteiger partial charge in [0.15, 0.2) is 0 Å². The second kappa shape index (κ2) is 10.4. The fourth-order valence-corrected chi connectivity index (χ4v) is 7.02. The summed E-state index contributed by atoms with van der Waals surface area (Å²) in [7, 11) is -3.94. The SMILES string of the molecule is O=C(c1ccc(SCc2ccccc2)cc1NS(=O)(=O)C1=CC=CN2SNC=C12)N1CCCCC1. The van der Waals surface area contributed by atoms with Gasteiger partial charge in [-0.2, -0.15) is 0 Å². The summed E-state index contributed by atoms with van der Waals surface area (Å²) in [5.74, 6) is 0.603. The average Bonchev–Trinajstić information content (AvgIpc) is 3.37. The Bertz CT molecular complexity index is 1300. The Morgan fingerprint density at radius 3 is 2.69 bits per heavy atom. The average molecular weight is 527 g/mol. The van der Waals surface area contributed by atoms with Crippen LogP contribution in [-0.2, 0) is 15.8 Å². The summed E-state index contributed by atoms with van der Waals surface area (Å²) >= 11 is 2.90. The molecule has 0 aliphatic carbocycles. The number of rotatable bonds is 7. The first-order chi connectivity index (χ1) is 17.0. The molecule has 1 fully saturated rings. The van der Waals surface area contributed by atoms with Crippen molar-refractivity contribution in [3.05, 3.63) is 94.8 Å². The second-order valence-electron chi connectivity index (χ2n) is 8.38. The van der Waals surface area contributed by atoms with Crippen molar-refractivity contribution in [2.75, 3.05) is 17.8 Å². The van der Waals surface area contributed by atoms with E-state index in [0.29, 0.717) is 30.0 Å². The predicted molar refractivity (Wildman–Crippen MR) is 143 cm³/mol. The predicted octanol–water partition coefficient (Wildman–Crippen LogP) is 5.07. The molecule has 0 saturated carbocycles. The van der Waals surface area contributed by atoms with Gasteiger partial charge in [-0.3, -0.25) is 13.8 Å². The van der Waals surface area contributed by atoms with Gasteiger partial charge >= 0.3 is 0 Å². The number of anilines is 1. The van der Waals surface area contributed by atoms with Crippen LogP contribution in [0.2, 0.25) is 0 Å². The van der Waals surface area contributed by atoms with Crippen LogP contribution in [0.25, 0.3) is 0 Å². The molecule has 0 radical (unpaired) electrons. The van der Waals surface area contributed by atoms with Crippen molar-refractivity contribution in [1.82, 2.24) is 13.9 Å². The van der Waals surface area contributed by atoms with Crippen molar-refractivity contribution in [3.8, 4) is 0 Å². The minimum Gasteiger partial charge on any atom is -0.339 e. The number of amides is 1. The molecule has 0 aromatic heterocycles. The largest absolute Gasteiger partial charge is 0.339 e. The maximum atomic E-state index is 13.5. The first-order valence-corrected chi connectivity index (χ1v) is 14.7. The number of hydrogen-bond donors (Lipinski definition) is 2. The molecule has 0 unspecified atom stereocenters. The zero-order chi connectivity index (χ0) is 24.3. The zero-order valence-corrected chi connectivity index (χ0v) is 21.5. The number of carbonyl (C=O) groups excluding carboxylic acids is 1. The Morgan fingerprint density at radius 2 is 1.89 bits per heavy atom. The van der Waals surface area contributed by atoms with Gasteiger partial charge in [-0.1, -0.05) is 30.3 Å². The Labute approximate surface area is 214 Å². The molecule has 182 valence electrons. The van der Waals surface area contributed by atoms with E-state index in [1.54, 1.807) is 52.8 Å². The molecule has 3 aliphatic rings. The number of allylic oxidation sites excluding steroid dienone is 2. The summed E-state index contributed by atoms with van der Waals surface area (Å²) in [5.41, 5.74) is 2.39. The molecule has 3 aliphatic heterocycles. The third-order valence-electron chi connectivity index (χ3n) is 5.95. The molecule has 3 heterocycles. The van der Waals surface area contributed by atoms with E-state index in [9.17, 15) is 13.2 Å². The van der Waals surface area contributed by atoms with Gasteiger partial charge in [0, 0.05) is 36.1 Å². The van der Waals surface area contributed by atoms with Gasteiger partial charge in [0.1, 0.15) is 4.91 Å². The highest BCUT2D eigenvalue weighted by atomic mass is 32.2. The van der Waals surface area contributed by atoms with Crippen LogP contribution in [0.3, 0.4) is 0 Å². The fourth-order valence-electron chi connectivity index (χ4n) is 4.16. The number of benzene rings is 2. The lowest BCUT2D eigenvalue weighted by atomic mass is 10.1. The van der Waals surface area contributed by atoms with Crippen LogP contribution < -0.4 is 9.44 Å². The summed E-state index contributed by atoms with van der Waals surface area (Å²) in [6.07, 6.45) is 9.75. The van der Waals surface area contributed by atoms with Crippen molar-refractivity contribution in [2.24, 2.45) is 0 Å². The van der Waals surface area contributed by atoms with Crippen LogP contribution in [0.4, 0.5) is 5.69 Å². The molecule has 0 spiro atoms. The third kappa shape index (κ3) is 5.39. The van der Waals surface area contributed by atoms with Gasteiger partial charge < -0.3 is 9.62 Å². The van der Waals surface area contributed by atoms with Gasteiger partial charge in [-0.05, 0) is 55.2 Å². The molecule has 2 N–H and O–H groups in total. The highest BCUT2D eigenvalue weighted by Gasteiger charge is 2.31. The first kappa shape index (κ1) is 23.9. The lowest BCUT2D eigenvalue weighted by molar-refractivity contribution is 0.0725. The molecule has 0 atom stereocenters. The normalized spacial score (nSPS) is 17.4. The quantitative estimate of drug-likeness (QED) is 0.385. The van der Waals surface area contributed by atoms with Crippen LogP contribution in [0.1, 0.15) is 35.2 Å². The summed E-state index contributed by atoms with van der Waals surface area (Å²) in [4.78, 5) is 16.2. The van der Waals surface area contributed by atoms with Crippen LogP contribution in [0, 0.1) is 0 Å². The van der Waals surface area contributed by atoms with Crippen molar-refractivity contribution in [3.63, 3.8) is 0 Å². The fraction of sp³-hybridized carbons (Fsp3) is 0.240. The van der Waals surface area contributed by atoms with E-state index in [-0.39, 0.29) is 10.8 Å². The van der Waals surface area contributed by atoms with Crippen LogP contribution in [0.15, 0.2) is 88.6 Å². The summed E-state index contributed by atoms with van der Waals surface area (Å²) < 4.78 is 34.4. The summed E-state index contributed by atoms with van der Waals surface area (Å²) in [6.45, 7) is 1.38. The number of piperidine rings is 1. The number of hydrogen-bond acceptors (Lipinski definition) is 7. The lowest BCUT2D eigenvalue weighted by Gasteiger charge is -2.28. The van der Waals surface area contributed by atoms with Gasteiger partial charge in [-0.25, -0.2) is 8.42 Å². The van der Waals surface area contributed by atoms with Gasteiger partial charge in [0.25, 0.3) is 15.9 Å². The van der Waals surface area contributed by atoms with Crippen molar-refractivity contribution in [1.29, 1.82) is 0 Å². The van der Waals surface area contributed by atoms with Crippen molar-refractivity contribution in [2.45, 2.75) is 29.9 Å². The third-order valence-corrected chi connectivity index (χ3v) is 9.17. The molecule has 2 aromatic rings. The minimum atomic E-state index is -3.94. The monoisotopic (exact) mass is 526 g/mol. The standard InChI is InChI=1S/C25H26N4O3S3/c30-25(28-13-5-2-6-14-28)21-12-11-20(33-18-19-8-3-1-4-9-19)16-22(21)27-35(31,32)24-10-7-15-29-23(24)17-26-34-29/h1,3-4,7-12,15-17,26-27H,2,5-6,13-14,18H2.